The molecular formula is C25H35N3O3. The Morgan fingerprint density at radius 1 is 1.10 bits per heavy atom. The molecule has 1 aromatic carbocycles. The second kappa shape index (κ2) is 9.21. The van der Waals surface area contributed by atoms with Gasteiger partial charge in [0, 0.05) is 43.0 Å². The number of hydrogen-bond acceptors (Lipinski definition) is 6. The van der Waals surface area contributed by atoms with Crippen LogP contribution in [-0.2, 0) is 17.6 Å². The topological polar surface area (TPSA) is 55.8 Å². The van der Waals surface area contributed by atoms with E-state index in [4.69, 9.17) is 19.2 Å². The van der Waals surface area contributed by atoms with E-state index in [1.165, 1.54) is 49.0 Å². The highest BCUT2D eigenvalue weighted by molar-refractivity contribution is 5.96. The van der Waals surface area contributed by atoms with Crippen LogP contribution in [0.5, 0.6) is 11.5 Å². The molecule has 31 heavy (non-hydrogen) atoms. The molecule has 6 nitrogen and oxygen atoms in total. The van der Waals surface area contributed by atoms with Crippen LogP contribution in [0.4, 0.5) is 5.69 Å². The van der Waals surface area contributed by atoms with Gasteiger partial charge in [0.05, 0.1) is 12.6 Å². The first kappa shape index (κ1) is 20.8. The van der Waals surface area contributed by atoms with Gasteiger partial charge in [-0.15, -0.1) is 0 Å². The molecule has 0 radical (unpaired) electrons. The van der Waals surface area contributed by atoms with Crippen LogP contribution < -0.4 is 14.8 Å². The lowest BCUT2D eigenvalue weighted by molar-refractivity contribution is 0.0339. The first-order valence-electron chi connectivity index (χ1n) is 11.9. The molecule has 2 fully saturated rings. The van der Waals surface area contributed by atoms with Gasteiger partial charge in [0.25, 0.3) is 0 Å². The maximum Gasteiger partial charge on any atom is 0.163 e. The molecule has 2 heterocycles. The zero-order valence-corrected chi connectivity index (χ0v) is 18.9. The van der Waals surface area contributed by atoms with Crippen molar-refractivity contribution in [2.45, 2.75) is 51.0 Å². The summed E-state index contributed by atoms with van der Waals surface area (Å²) in [6.45, 7) is 4.79. The van der Waals surface area contributed by atoms with Gasteiger partial charge in [0.15, 0.2) is 11.5 Å². The number of benzene rings is 1. The maximum atomic E-state index is 6.23. The van der Waals surface area contributed by atoms with Crippen molar-refractivity contribution in [1.82, 2.24) is 9.88 Å². The van der Waals surface area contributed by atoms with Crippen LogP contribution in [0.1, 0.15) is 43.4 Å². The highest BCUT2D eigenvalue weighted by Gasteiger charge is 2.25. The number of nitrogens with zero attached hydrogens (tertiary/aromatic N) is 2. The molecule has 0 bridgehead atoms. The Labute approximate surface area is 185 Å². The summed E-state index contributed by atoms with van der Waals surface area (Å²) >= 11 is 0. The van der Waals surface area contributed by atoms with E-state index in [-0.39, 0.29) is 6.10 Å². The van der Waals surface area contributed by atoms with Crippen LogP contribution in [0, 0.1) is 5.92 Å². The number of nitrogens with one attached hydrogen (secondary N) is 1. The third-order valence-electron chi connectivity index (χ3n) is 6.98. The Balaban J connectivity index is 1.39. The fraction of sp³-hybridized carbons (Fsp3) is 0.640. The number of fused-ring (bicyclic) bond motifs is 2. The molecule has 5 rings (SSSR count). The van der Waals surface area contributed by atoms with Gasteiger partial charge in [0.2, 0.25) is 0 Å². The number of methoxy groups -OCH3 is 2. The number of anilines is 1. The van der Waals surface area contributed by atoms with E-state index in [9.17, 15) is 0 Å². The standard InChI is InChI=1S/C25H35N3O3/c1-29-18(15-28-10-3-4-11-28)16-31-24-13-22-20(12-23(24)30-2)25(26-14-17-8-9-17)19-6-5-7-21(19)27-22/h12-13,17-18H,3-11,14-16H2,1-2H3,(H,26,27). The number of hydrogen-bond donors (Lipinski definition) is 1. The van der Waals surface area contributed by atoms with E-state index in [0.717, 1.165) is 67.3 Å². The van der Waals surface area contributed by atoms with E-state index >= 15 is 0 Å². The normalized spacial score (nSPS) is 19.5. The zero-order valence-electron chi connectivity index (χ0n) is 18.9. The van der Waals surface area contributed by atoms with Crippen LogP contribution in [-0.4, -0.2) is 63.0 Å². The Morgan fingerprint density at radius 3 is 2.68 bits per heavy atom. The summed E-state index contributed by atoms with van der Waals surface area (Å²) in [5.41, 5.74) is 4.89. The van der Waals surface area contributed by atoms with Crippen molar-refractivity contribution in [2.75, 3.05) is 52.3 Å². The molecule has 1 aromatic heterocycles. The molecule has 2 aliphatic carbocycles. The molecule has 6 heteroatoms. The van der Waals surface area contributed by atoms with Gasteiger partial charge >= 0.3 is 0 Å². The lowest BCUT2D eigenvalue weighted by Crippen LogP contribution is -2.35. The summed E-state index contributed by atoms with van der Waals surface area (Å²) in [5, 5.41) is 4.90. The fourth-order valence-electron chi connectivity index (χ4n) is 4.94. The third kappa shape index (κ3) is 4.60. The second-order valence-electron chi connectivity index (χ2n) is 9.29. The Bertz CT molecular complexity index is 922. The van der Waals surface area contributed by atoms with E-state index in [2.05, 4.69) is 22.3 Å². The Kier molecular flexibility index (Phi) is 6.19. The molecule has 1 atom stereocenters. The lowest BCUT2D eigenvalue weighted by atomic mass is 10.1. The molecule has 2 aromatic rings. The second-order valence-corrected chi connectivity index (χ2v) is 9.29. The summed E-state index contributed by atoms with van der Waals surface area (Å²) in [7, 11) is 3.48. The van der Waals surface area contributed by atoms with Crippen molar-refractivity contribution >= 4 is 16.6 Å². The number of ether oxygens (including phenoxy) is 3. The molecule has 1 unspecified atom stereocenters. The minimum atomic E-state index is 0.0438. The SMILES string of the molecule is COc1cc2c(NCC3CC3)c3c(nc2cc1OCC(CN1CCCC1)OC)CCC3. The van der Waals surface area contributed by atoms with Crippen LogP contribution in [0.15, 0.2) is 12.1 Å². The minimum absolute atomic E-state index is 0.0438. The van der Waals surface area contributed by atoms with Crippen molar-refractivity contribution in [1.29, 1.82) is 0 Å². The summed E-state index contributed by atoms with van der Waals surface area (Å²) in [4.78, 5) is 7.47. The average Bonchev–Trinajstić information content (AvgIpc) is 3.25. The first-order valence-corrected chi connectivity index (χ1v) is 11.9. The quantitative estimate of drug-likeness (QED) is 0.620. The molecule has 1 N–H and O–H groups in total. The number of rotatable bonds is 10. The molecule has 3 aliphatic rings. The molecule has 1 saturated carbocycles. The van der Waals surface area contributed by atoms with Crippen LogP contribution in [0.2, 0.25) is 0 Å². The maximum absolute atomic E-state index is 6.23. The fourth-order valence-corrected chi connectivity index (χ4v) is 4.94. The predicted octanol–water partition coefficient (Wildman–Crippen LogP) is 4.04. The van der Waals surface area contributed by atoms with Gasteiger partial charge < -0.3 is 24.4 Å². The number of aryl methyl sites for hydroxylation is 1. The molecule has 0 amide bonds. The van der Waals surface area contributed by atoms with Crippen molar-refractivity contribution < 1.29 is 14.2 Å². The van der Waals surface area contributed by atoms with E-state index in [1.807, 2.05) is 0 Å². The van der Waals surface area contributed by atoms with Crippen molar-refractivity contribution in [3.05, 3.63) is 23.4 Å². The smallest absolute Gasteiger partial charge is 0.163 e. The van der Waals surface area contributed by atoms with Crippen molar-refractivity contribution in [2.24, 2.45) is 5.92 Å². The Morgan fingerprint density at radius 2 is 1.94 bits per heavy atom. The van der Waals surface area contributed by atoms with E-state index in [1.54, 1.807) is 14.2 Å². The van der Waals surface area contributed by atoms with E-state index < -0.39 is 0 Å². The number of likely N-dealkylation sites (tertiary alicyclic amines) is 1. The minimum Gasteiger partial charge on any atom is -0.493 e. The first-order chi connectivity index (χ1) is 15.2. The Hall–Kier alpha value is -2.05. The van der Waals surface area contributed by atoms with Crippen LogP contribution in [0.3, 0.4) is 0 Å². The summed E-state index contributed by atoms with van der Waals surface area (Å²) in [5.74, 6) is 2.33. The van der Waals surface area contributed by atoms with Crippen molar-refractivity contribution in [3.63, 3.8) is 0 Å². The number of pyridine rings is 1. The lowest BCUT2D eigenvalue weighted by Gasteiger charge is -2.23. The third-order valence-corrected chi connectivity index (χ3v) is 6.98. The summed E-state index contributed by atoms with van der Waals surface area (Å²) in [6, 6.07) is 4.16. The monoisotopic (exact) mass is 425 g/mol. The zero-order chi connectivity index (χ0) is 21.2. The van der Waals surface area contributed by atoms with Gasteiger partial charge in [0.1, 0.15) is 12.7 Å². The molecule has 1 aliphatic heterocycles. The van der Waals surface area contributed by atoms with Crippen molar-refractivity contribution in [3.8, 4) is 11.5 Å². The predicted molar refractivity (Wildman–Crippen MR) is 123 cm³/mol. The molecule has 0 spiro atoms. The largest absolute Gasteiger partial charge is 0.493 e. The molecule has 168 valence electrons. The van der Waals surface area contributed by atoms with E-state index in [0.29, 0.717) is 6.61 Å². The van der Waals surface area contributed by atoms with Gasteiger partial charge in [-0.25, -0.2) is 0 Å². The highest BCUT2D eigenvalue weighted by Crippen LogP contribution is 2.40. The van der Waals surface area contributed by atoms with Crippen LogP contribution >= 0.6 is 0 Å². The number of aromatic nitrogens is 1. The summed E-state index contributed by atoms with van der Waals surface area (Å²) in [6.07, 6.45) is 8.65. The van der Waals surface area contributed by atoms with Gasteiger partial charge in [-0.3, -0.25) is 4.98 Å². The summed E-state index contributed by atoms with van der Waals surface area (Å²) < 4.78 is 17.7. The van der Waals surface area contributed by atoms with Gasteiger partial charge in [-0.05, 0) is 75.6 Å². The molecular weight excluding hydrogens is 390 g/mol. The van der Waals surface area contributed by atoms with Crippen LogP contribution in [0.25, 0.3) is 10.9 Å². The van der Waals surface area contributed by atoms with Gasteiger partial charge in [-0.1, -0.05) is 0 Å². The van der Waals surface area contributed by atoms with Gasteiger partial charge in [-0.2, -0.15) is 0 Å². The average molecular weight is 426 g/mol. The molecule has 1 saturated heterocycles. The highest BCUT2D eigenvalue weighted by atomic mass is 16.5.